The molecule has 0 unspecified atom stereocenters. The van der Waals surface area contributed by atoms with Gasteiger partial charge in [-0.05, 0) is 0 Å². The quantitative estimate of drug-likeness (QED) is 0.385. The molecular weight excluding hydrogens is 352 g/mol. The van der Waals surface area contributed by atoms with Crippen molar-refractivity contribution >= 4 is 37.7 Å². The van der Waals surface area contributed by atoms with Gasteiger partial charge in [0.2, 0.25) is 0 Å². The Hall–Kier alpha value is -1.37. The van der Waals surface area contributed by atoms with Crippen LogP contribution in [0, 0.1) is 0 Å². The molecule has 0 fully saturated rings. The van der Waals surface area contributed by atoms with Crippen LogP contribution >= 0.6 is 0 Å². The molecule has 19 heavy (non-hydrogen) atoms. The molecule has 0 atom stereocenters. The fraction of sp³-hybridized carbons (Fsp3) is 0.500. The molecular formula is C6H3F6GaO6. The monoisotopic (exact) mass is 354 g/mol. The van der Waals surface area contributed by atoms with Crippen LogP contribution in [0.4, 0.5) is 26.3 Å². The normalized spacial score (nSPS) is 8.68. The van der Waals surface area contributed by atoms with Crippen LogP contribution in [0.3, 0.4) is 0 Å². The zero-order valence-corrected chi connectivity index (χ0v) is 10.9. The molecule has 6 nitrogen and oxygen atoms in total. The summed E-state index contributed by atoms with van der Waals surface area (Å²) in [5.74, 6) is -6.97. The third-order valence-corrected chi connectivity index (χ3v) is 0.535. The van der Waals surface area contributed by atoms with Gasteiger partial charge in [-0.25, -0.2) is 26.3 Å². The van der Waals surface area contributed by atoms with E-state index in [9.17, 15) is 26.3 Å². The first-order valence-electron chi connectivity index (χ1n) is 3.40. The molecule has 0 spiro atoms. The van der Waals surface area contributed by atoms with E-state index in [1.54, 1.807) is 0 Å². The maximum atomic E-state index is 10.5. The van der Waals surface area contributed by atoms with E-state index in [1.807, 2.05) is 0 Å². The van der Waals surface area contributed by atoms with Gasteiger partial charge in [0.05, 0.1) is 0 Å². The molecule has 0 rings (SSSR count). The Balaban J connectivity index is -0.0000000865. The van der Waals surface area contributed by atoms with Crippen LogP contribution in [0.1, 0.15) is 0 Å². The Morgan fingerprint density at radius 1 is 0.579 bits per heavy atom. The summed E-state index contributed by atoms with van der Waals surface area (Å²) in [6.45, 7) is 0. The van der Waals surface area contributed by atoms with Crippen molar-refractivity contribution in [1.29, 1.82) is 0 Å². The summed E-state index contributed by atoms with van der Waals surface area (Å²) in [6, 6.07) is 0. The molecule has 0 aromatic heterocycles. The molecule has 0 saturated carbocycles. The van der Waals surface area contributed by atoms with Crippen molar-refractivity contribution in [1.82, 2.24) is 0 Å². The van der Waals surface area contributed by atoms with Crippen LogP contribution in [0.25, 0.3) is 0 Å². The van der Waals surface area contributed by atoms with Crippen LogP contribution in [0.15, 0.2) is 0 Å². The first kappa shape index (κ1) is 26.2. The topological polar surface area (TPSA) is 120 Å². The summed E-state index contributed by atoms with van der Waals surface area (Å²) in [4.78, 5) is 26.5. The van der Waals surface area contributed by atoms with Gasteiger partial charge in [0.15, 0.2) is 0 Å². The van der Waals surface area contributed by atoms with E-state index in [0.29, 0.717) is 0 Å². The number of carbonyl (C=O) groups is 3. The first-order valence-corrected chi connectivity index (χ1v) is 3.40. The maximum Gasteiger partial charge on any atom is 3.00 e. The Bertz CT molecular complexity index is 230. The Labute approximate surface area is 114 Å². The van der Waals surface area contributed by atoms with Gasteiger partial charge in [-0.3, -0.25) is 0 Å². The van der Waals surface area contributed by atoms with Crippen LogP contribution in [-0.4, -0.2) is 57.0 Å². The Morgan fingerprint density at radius 3 is 0.632 bits per heavy atom. The number of rotatable bonds is 3. The van der Waals surface area contributed by atoms with Crippen LogP contribution < -0.4 is 15.3 Å². The summed E-state index contributed by atoms with van der Waals surface area (Å²) >= 11 is 0. The minimum absolute atomic E-state index is 0. The zero-order valence-electron chi connectivity index (χ0n) is 8.53. The molecule has 0 saturated heterocycles. The van der Waals surface area contributed by atoms with E-state index in [0.717, 1.165) is 0 Å². The Kier molecular flexibility index (Phi) is 20.3. The fourth-order valence-electron chi connectivity index (χ4n) is 0. The predicted molar refractivity (Wildman–Crippen MR) is 38.8 cm³/mol. The van der Waals surface area contributed by atoms with Gasteiger partial charge in [-0.1, -0.05) is 0 Å². The van der Waals surface area contributed by atoms with Crippen molar-refractivity contribution < 1.29 is 56.0 Å². The van der Waals surface area contributed by atoms with E-state index in [4.69, 9.17) is 29.7 Å². The van der Waals surface area contributed by atoms with Crippen molar-refractivity contribution in [3.05, 3.63) is 0 Å². The van der Waals surface area contributed by atoms with Crippen LogP contribution in [-0.2, 0) is 14.4 Å². The summed E-state index contributed by atoms with van der Waals surface area (Å²) in [6.07, 6.45) is -10.0. The summed E-state index contributed by atoms with van der Waals surface area (Å²) < 4.78 is 63.0. The minimum Gasteiger partial charge on any atom is -0.544 e. The number of hydrogen-bond acceptors (Lipinski definition) is 6. The van der Waals surface area contributed by atoms with E-state index in [1.165, 1.54) is 0 Å². The van der Waals surface area contributed by atoms with E-state index in [2.05, 4.69) is 0 Å². The molecule has 0 aliphatic carbocycles. The second kappa shape index (κ2) is 14.7. The van der Waals surface area contributed by atoms with Crippen molar-refractivity contribution in [3.8, 4) is 0 Å². The number of hydrogen-bond donors (Lipinski definition) is 0. The second-order valence-electron chi connectivity index (χ2n) is 1.86. The zero-order chi connectivity index (χ0) is 15.5. The van der Waals surface area contributed by atoms with Gasteiger partial charge >= 0.3 is 19.8 Å². The molecule has 0 aliphatic rings. The van der Waals surface area contributed by atoms with E-state index < -0.39 is 37.2 Å². The van der Waals surface area contributed by atoms with Gasteiger partial charge in [0.1, 0.15) is 17.9 Å². The van der Waals surface area contributed by atoms with Gasteiger partial charge in [-0.2, -0.15) is 0 Å². The van der Waals surface area contributed by atoms with Crippen molar-refractivity contribution in [3.63, 3.8) is 0 Å². The molecule has 0 radical (unpaired) electrons. The molecule has 0 N–H and O–H groups in total. The first-order chi connectivity index (χ1) is 7.93. The van der Waals surface area contributed by atoms with Crippen LogP contribution in [0.2, 0.25) is 0 Å². The number of carboxylic acid groups (broad SMARTS) is 3. The van der Waals surface area contributed by atoms with Gasteiger partial charge in [0, 0.05) is 0 Å². The predicted octanol–water partition coefficient (Wildman–Crippen LogP) is -3.38. The van der Waals surface area contributed by atoms with E-state index >= 15 is 0 Å². The average molecular weight is 355 g/mol. The van der Waals surface area contributed by atoms with Gasteiger partial charge < -0.3 is 29.7 Å². The number of carbonyl (C=O) groups excluding carboxylic acids is 3. The maximum absolute atomic E-state index is 10.5. The fourth-order valence-corrected chi connectivity index (χ4v) is 0. The number of halogens is 6. The summed E-state index contributed by atoms with van der Waals surface area (Å²) in [7, 11) is 0. The molecule has 0 aromatic rings. The summed E-state index contributed by atoms with van der Waals surface area (Å²) in [5.41, 5.74) is 0. The standard InChI is InChI=1S/3C2H2F2O2.Ga/c3*3-1(4)2(5)6;/h3*1H,(H,5,6);/q;;;+3/p-3. The molecule has 0 aromatic carbocycles. The van der Waals surface area contributed by atoms with Crippen molar-refractivity contribution in [2.45, 2.75) is 19.3 Å². The van der Waals surface area contributed by atoms with Gasteiger partial charge in [-0.15, -0.1) is 0 Å². The SMILES string of the molecule is O=C([O-])C(F)F.O=C([O-])C(F)F.O=C([O-])C(F)F.[Ga+3]. The molecule has 0 bridgehead atoms. The number of alkyl halides is 6. The molecule has 108 valence electrons. The molecule has 0 aliphatic heterocycles. The number of aliphatic carboxylic acids is 3. The largest absolute Gasteiger partial charge is 3.00 e. The molecule has 0 amide bonds. The smallest absolute Gasteiger partial charge is 0.544 e. The van der Waals surface area contributed by atoms with Crippen molar-refractivity contribution in [2.75, 3.05) is 0 Å². The van der Waals surface area contributed by atoms with Gasteiger partial charge in [0.25, 0.3) is 19.3 Å². The summed E-state index contributed by atoms with van der Waals surface area (Å²) in [5, 5.41) is 26.5. The van der Waals surface area contributed by atoms with E-state index in [-0.39, 0.29) is 19.8 Å². The second-order valence-corrected chi connectivity index (χ2v) is 1.86. The molecule has 13 heteroatoms. The minimum atomic E-state index is -3.34. The third-order valence-electron chi connectivity index (χ3n) is 0.535. The average Bonchev–Trinajstić information content (AvgIpc) is 2.18. The molecule has 0 heterocycles. The van der Waals surface area contributed by atoms with Crippen molar-refractivity contribution in [2.24, 2.45) is 0 Å². The van der Waals surface area contributed by atoms with Crippen LogP contribution in [0.5, 0.6) is 0 Å². The Morgan fingerprint density at radius 2 is 0.632 bits per heavy atom. The number of carboxylic acids is 3. The third kappa shape index (κ3) is 31.5.